The van der Waals surface area contributed by atoms with Crippen LogP contribution in [-0.4, -0.2) is 17.6 Å². The van der Waals surface area contributed by atoms with Crippen LogP contribution < -0.4 is 4.90 Å². The van der Waals surface area contributed by atoms with Crippen LogP contribution in [0.15, 0.2) is 47.4 Å². The highest BCUT2D eigenvalue weighted by Crippen LogP contribution is 2.39. The van der Waals surface area contributed by atoms with Crippen LogP contribution in [0.2, 0.25) is 10.0 Å². The molecule has 3 rings (SSSR count). The quantitative estimate of drug-likeness (QED) is 0.670. The van der Waals surface area contributed by atoms with Gasteiger partial charge in [0.25, 0.3) is 11.8 Å². The number of imide groups is 1. The van der Waals surface area contributed by atoms with E-state index in [2.05, 4.69) is 0 Å². The molecule has 0 radical (unpaired) electrons. The summed E-state index contributed by atoms with van der Waals surface area (Å²) in [6.45, 7) is 1.90. The van der Waals surface area contributed by atoms with Crippen molar-refractivity contribution in [1.29, 1.82) is 0 Å². The number of hydrogen-bond acceptors (Lipinski definition) is 3. The number of nitrogens with zero attached hydrogens (tertiary/aromatic N) is 1. The zero-order chi connectivity index (χ0) is 18.1. The molecule has 0 aliphatic carbocycles. The molecule has 2 amide bonds. The standard InChI is InChI=1S/C18H12Cl2FNO2S/c1-2-25-16-15(10-3-5-11(19)6-4-10)17(23)22(18(16)24)12-7-8-14(21)13(20)9-12/h3-9H,2H2,1H3. The molecule has 2 aromatic rings. The number of halogens is 3. The molecule has 0 fully saturated rings. The molecule has 25 heavy (non-hydrogen) atoms. The van der Waals surface area contributed by atoms with Crippen LogP contribution in [0.5, 0.6) is 0 Å². The van der Waals surface area contributed by atoms with E-state index in [1.807, 2.05) is 6.92 Å². The van der Waals surface area contributed by atoms with E-state index in [1.165, 1.54) is 23.9 Å². The number of benzene rings is 2. The molecule has 0 spiro atoms. The Kier molecular flexibility index (Phi) is 5.18. The largest absolute Gasteiger partial charge is 0.272 e. The zero-order valence-electron chi connectivity index (χ0n) is 13.1. The van der Waals surface area contributed by atoms with E-state index in [0.717, 1.165) is 11.0 Å². The molecule has 1 aliphatic rings. The zero-order valence-corrected chi connectivity index (χ0v) is 15.4. The van der Waals surface area contributed by atoms with Gasteiger partial charge in [-0.05, 0) is 41.6 Å². The monoisotopic (exact) mass is 395 g/mol. The fraction of sp³-hybridized carbons (Fsp3) is 0.111. The van der Waals surface area contributed by atoms with Gasteiger partial charge in [0, 0.05) is 5.02 Å². The second-order valence-electron chi connectivity index (χ2n) is 5.19. The number of amides is 2. The van der Waals surface area contributed by atoms with Gasteiger partial charge < -0.3 is 0 Å². The van der Waals surface area contributed by atoms with Crippen molar-refractivity contribution in [3.8, 4) is 0 Å². The van der Waals surface area contributed by atoms with Crippen molar-refractivity contribution in [3.63, 3.8) is 0 Å². The summed E-state index contributed by atoms with van der Waals surface area (Å²) in [6, 6.07) is 10.5. The molecular formula is C18H12Cl2FNO2S. The van der Waals surface area contributed by atoms with Crippen molar-refractivity contribution in [1.82, 2.24) is 0 Å². The summed E-state index contributed by atoms with van der Waals surface area (Å²) in [6.07, 6.45) is 0. The first-order valence-electron chi connectivity index (χ1n) is 7.41. The molecule has 128 valence electrons. The first-order chi connectivity index (χ1) is 11.9. The average molecular weight is 396 g/mol. The Morgan fingerprint density at radius 3 is 2.32 bits per heavy atom. The van der Waals surface area contributed by atoms with Gasteiger partial charge in [-0.25, -0.2) is 9.29 Å². The first kappa shape index (κ1) is 18.0. The summed E-state index contributed by atoms with van der Waals surface area (Å²) in [5.41, 5.74) is 1.16. The Hall–Kier alpha value is -1.82. The Balaban J connectivity index is 2.09. The third-order valence-electron chi connectivity index (χ3n) is 3.62. The van der Waals surface area contributed by atoms with Crippen LogP contribution >= 0.6 is 35.0 Å². The summed E-state index contributed by atoms with van der Waals surface area (Å²) >= 11 is 13.0. The SMILES string of the molecule is CCSC1=C(c2ccc(Cl)cc2)C(=O)N(c2ccc(F)c(Cl)c2)C1=O. The molecule has 0 aromatic heterocycles. The van der Waals surface area contributed by atoms with Crippen LogP contribution in [-0.2, 0) is 9.59 Å². The van der Waals surface area contributed by atoms with E-state index in [0.29, 0.717) is 26.8 Å². The van der Waals surface area contributed by atoms with Gasteiger partial charge in [-0.2, -0.15) is 0 Å². The predicted octanol–water partition coefficient (Wildman–Crippen LogP) is 5.17. The van der Waals surface area contributed by atoms with E-state index in [4.69, 9.17) is 23.2 Å². The molecule has 0 saturated heterocycles. The third kappa shape index (κ3) is 3.32. The smallest absolute Gasteiger partial charge is 0.268 e. The first-order valence-corrected chi connectivity index (χ1v) is 9.15. The lowest BCUT2D eigenvalue weighted by Gasteiger charge is -2.15. The molecule has 0 N–H and O–H groups in total. The normalized spacial score (nSPS) is 14.6. The van der Waals surface area contributed by atoms with Gasteiger partial charge in [0.1, 0.15) is 5.82 Å². The lowest BCUT2D eigenvalue weighted by Crippen LogP contribution is -2.31. The van der Waals surface area contributed by atoms with Crippen LogP contribution in [0.3, 0.4) is 0 Å². The van der Waals surface area contributed by atoms with Gasteiger partial charge in [0.2, 0.25) is 0 Å². The van der Waals surface area contributed by atoms with Gasteiger partial charge in [-0.3, -0.25) is 9.59 Å². The van der Waals surface area contributed by atoms with Gasteiger partial charge >= 0.3 is 0 Å². The van der Waals surface area contributed by atoms with E-state index < -0.39 is 17.6 Å². The van der Waals surface area contributed by atoms with Crippen LogP contribution in [0.1, 0.15) is 12.5 Å². The molecule has 0 bridgehead atoms. The summed E-state index contributed by atoms with van der Waals surface area (Å²) in [5, 5.41) is 0.385. The van der Waals surface area contributed by atoms with Crippen molar-refractivity contribution < 1.29 is 14.0 Å². The number of carbonyl (C=O) groups excluding carboxylic acids is 2. The number of carbonyl (C=O) groups is 2. The van der Waals surface area contributed by atoms with Crippen molar-refractivity contribution in [2.45, 2.75) is 6.92 Å². The topological polar surface area (TPSA) is 37.4 Å². The number of rotatable bonds is 4. The molecular weight excluding hydrogens is 384 g/mol. The summed E-state index contributed by atoms with van der Waals surface area (Å²) in [4.78, 5) is 27.1. The van der Waals surface area contributed by atoms with Gasteiger partial charge in [0.15, 0.2) is 0 Å². The lowest BCUT2D eigenvalue weighted by molar-refractivity contribution is -0.119. The summed E-state index contributed by atoms with van der Waals surface area (Å²) in [7, 11) is 0. The van der Waals surface area contributed by atoms with Gasteiger partial charge in [0.05, 0.1) is 21.2 Å². The Morgan fingerprint density at radius 2 is 1.72 bits per heavy atom. The van der Waals surface area contributed by atoms with E-state index in [-0.39, 0.29) is 10.7 Å². The number of hydrogen-bond donors (Lipinski definition) is 0. The van der Waals surface area contributed by atoms with Gasteiger partial charge in [-0.15, -0.1) is 11.8 Å². The van der Waals surface area contributed by atoms with Crippen molar-refractivity contribution in [2.75, 3.05) is 10.7 Å². The molecule has 7 heteroatoms. The highest BCUT2D eigenvalue weighted by atomic mass is 35.5. The third-order valence-corrected chi connectivity index (χ3v) is 5.12. The van der Waals surface area contributed by atoms with Crippen molar-refractivity contribution >= 4 is 58.0 Å². The van der Waals surface area contributed by atoms with Crippen molar-refractivity contribution in [3.05, 3.63) is 68.8 Å². The second-order valence-corrected chi connectivity index (χ2v) is 7.31. The van der Waals surface area contributed by atoms with E-state index in [1.54, 1.807) is 24.3 Å². The second kappa shape index (κ2) is 7.20. The minimum atomic E-state index is -0.612. The maximum Gasteiger partial charge on any atom is 0.272 e. The van der Waals surface area contributed by atoms with E-state index >= 15 is 0 Å². The van der Waals surface area contributed by atoms with Crippen LogP contribution in [0.25, 0.3) is 5.57 Å². The average Bonchev–Trinajstić information content (AvgIpc) is 2.82. The minimum absolute atomic E-state index is 0.150. The summed E-state index contributed by atoms with van der Waals surface area (Å²) in [5.74, 6) is -0.891. The van der Waals surface area contributed by atoms with E-state index in [9.17, 15) is 14.0 Å². The highest BCUT2D eigenvalue weighted by Gasteiger charge is 2.40. The molecule has 0 unspecified atom stereocenters. The van der Waals surface area contributed by atoms with Gasteiger partial charge in [-0.1, -0.05) is 42.3 Å². The molecule has 0 atom stereocenters. The molecule has 2 aromatic carbocycles. The Labute approximate surface area is 158 Å². The fourth-order valence-electron chi connectivity index (χ4n) is 2.52. The summed E-state index contributed by atoms with van der Waals surface area (Å²) < 4.78 is 13.4. The Bertz CT molecular complexity index is 896. The highest BCUT2D eigenvalue weighted by molar-refractivity contribution is 8.04. The lowest BCUT2D eigenvalue weighted by atomic mass is 10.1. The minimum Gasteiger partial charge on any atom is -0.268 e. The van der Waals surface area contributed by atoms with Crippen LogP contribution in [0, 0.1) is 5.82 Å². The number of thioether (sulfide) groups is 1. The molecule has 1 heterocycles. The molecule has 3 nitrogen and oxygen atoms in total. The van der Waals surface area contributed by atoms with Crippen molar-refractivity contribution in [2.24, 2.45) is 0 Å². The predicted molar refractivity (Wildman–Crippen MR) is 100 cm³/mol. The molecule has 1 aliphatic heterocycles. The molecule has 0 saturated carbocycles. The Morgan fingerprint density at radius 1 is 1.04 bits per heavy atom. The van der Waals surface area contributed by atoms with Crippen LogP contribution in [0.4, 0.5) is 10.1 Å². The number of anilines is 1. The fourth-order valence-corrected chi connectivity index (χ4v) is 3.67. The maximum absolute atomic E-state index is 13.4. The maximum atomic E-state index is 13.4.